The minimum absolute atomic E-state index is 0.0869. The van der Waals surface area contributed by atoms with E-state index in [1.807, 2.05) is 31.2 Å². The first kappa shape index (κ1) is 19.6. The summed E-state index contributed by atoms with van der Waals surface area (Å²) in [5, 5.41) is 7.99. The number of rotatable bonds is 5. The van der Waals surface area contributed by atoms with Gasteiger partial charge < -0.3 is 9.84 Å². The number of hydrogen-bond donors (Lipinski definition) is 1. The highest BCUT2D eigenvalue weighted by atomic mass is 16.5. The molecule has 29 heavy (non-hydrogen) atoms. The standard InChI is InChI=1S/C24H29N3O2/c1-16-8-10-27(11-9-16)15-19-4-6-20(7-5-19)25-24(28)14-22-21-12-17(2)18(3)13-23(21)29-26-22/h4-7,12-13,16H,8-11,14-15H2,1-3H3,(H,25,28). The van der Waals surface area contributed by atoms with E-state index in [1.165, 1.54) is 37.1 Å². The van der Waals surface area contributed by atoms with Gasteiger partial charge in [-0.25, -0.2) is 0 Å². The second-order valence-electron chi connectivity index (χ2n) is 8.44. The molecule has 5 nitrogen and oxygen atoms in total. The van der Waals surface area contributed by atoms with Gasteiger partial charge in [0.1, 0.15) is 5.69 Å². The molecule has 4 rings (SSSR count). The Morgan fingerprint density at radius 2 is 1.83 bits per heavy atom. The fraction of sp³-hybridized carbons (Fsp3) is 0.417. The highest BCUT2D eigenvalue weighted by Crippen LogP contribution is 2.23. The van der Waals surface area contributed by atoms with Crippen LogP contribution >= 0.6 is 0 Å². The van der Waals surface area contributed by atoms with E-state index in [0.29, 0.717) is 5.69 Å². The Kier molecular flexibility index (Phi) is 5.67. The maximum absolute atomic E-state index is 12.5. The highest BCUT2D eigenvalue weighted by molar-refractivity contribution is 5.94. The molecule has 1 aliphatic rings. The number of carbonyl (C=O) groups excluding carboxylic acids is 1. The van der Waals surface area contributed by atoms with Crippen molar-refractivity contribution in [1.29, 1.82) is 0 Å². The SMILES string of the molecule is Cc1cc2onc(CC(=O)Nc3ccc(CN4CCC(C)CC4)cc3)c2cc1C. The minimum Gasteiger partial charge on any atom is -0.356 e. The van der Waals surface area contributed by atoms with Crippen molar-refractivity contribution in [3.05, 3.63) is 58.8 Å². The van der Waals surface area contributed by atoms with Crippen LogP contribution in [-0.2, 0) is 17.8 Å². The topological polar surface area (TPSA) is 58.4 Å². The Bertz CT molecular complexity index is 999. The number of aromatic nitrogens is 1. The average Bonchev–Trinajstić information content (AvgIpc) is 3.07. The first-order valence-corrected chi connectivity index (χ1v) is 10.4. The van der Waals surface area contributed by atoms with Crippen LogP contribution in [0.25, 0.3) is 11.0 Å². The average molecular weight is 392 g/mol. The normalized spacial score (nSPS) is 15.7. The Balaban J connectivity index is 1.36. The Morgan fingerprint density at radius 3 is 2.55 bits per heavy atom. The van der Waals surface area contributed by atoms with E-state index in [9.17, 15) is 4.79 Å². The van der Waals surface area contributed by atoms with E-state index in [1.54, 1.807) is 0 Å². The van der Waals surface area contributed by atoms with E-state index >= 15 is 0 Å². The maximum atomic E-state index is 12.5. The van der Waals surface area contributed by atoms with Gasteiger partial charge in [-0.05, 0) is 86.7 Å². The van der Waals surface area contributed by atoms with Gasteiger partial charge in [0.15, 0.2) is 5.58 Å². The fourth-order valence-corrected chi connectivity index (χ4v) is 3.90. The molecule has 1 amide bonds. The molecular formula is C24H29N3O2. The molecule has 1 saturated heterocycles. The van der Waals surface area contributed by atoms with Gasteiger partial charge in [-0.3, -0.25) is 9.69 Å². The summed E-state index contributed by atoms with van der Waals surface area (Å²) in [6.45, 7) is 9.74. The van der Waals surface area contributed by atoms with Crippen molar-refractivity contribution in [2.24, 2.45) is 5.92 Å². The van der Waals surface area contributed by atoms with Crippen LogP contribution in [-0.4, -0.2) is 29.1 Å². The lowest BCUT2D eigenvalue weighted by atomic mass is 9.99. The molecule has 0 unspecified atom stereocenters. The van der Waals surface area contributed by atoms with Gasteiger partial charge in [0.05, 0.1) is 6.42 Å². The lowest BCUT2D eigenvalue weighted by Crippen LogP contribution is -2.32. The second-order valence-corrected chi connectivity index (χ2v) is 8.44. The van der Waals surface area contributed by atoms with Crippen LogP contribution in [0.1, 0.15) is 42.1 Å². The van der Waals surface area contributed by atoms with Gasteiger partial charge in [0.2, 0.25) is 5.91 Å². The first-order valence-electron chi connectivity index (χ1n) is 10.4. The van der Waals surface area contributed by atoms with E-state index in [4.69, 9.17) is 4.52 Å². The van der Waals surface area contributed by atoms with Gasteiger partial charge in [-0.1, -0.05) is 24.2 Å². The van der Waals surface area contributed by atoms with Crippen molar-refractivity contribution in [1.82, 2.24) is 10.1 Å². The smallest absolute Gasteiger partial charge is 0.230 e. The van der Waals surface area contributed by atoms with Crippen molar-refractivity contribution in [2.45, 2.75) is 46.6 Å². The van der Waals surface area contributed by atoms with Crippen LogP contribution in [0.4, 0.5) is 5.69 Å². The molecule has 0 radical (unpaired) electrons. The van der Waals surface area contributed by atoms with Crippen molar-refractivity contribution in [3.8, 4) is 0 Å². The zero-order chi connectivity index (χ0) is 20.4. The number of aryl methyl sites for hydroxylation is 2. The zero-order valence-electron chi connectivity index (χ0n) is 17.5. The summed E-state index contributed by atoms with van der Waals surface area (Å²) in [6, 6.07) is 12.2. The lowest BCUT2D eigenvalue weighted by molar-refractivity contribution is -0.115. The number of carbonyl (C=O) groups is 1. The molecule has 5 heteroatoms. The monoisotopic (exact) mass is 391 g/mol. The third-order valence-corrected chi connectivity index (χ3v) is 6.01. The number of nitrogens with zero attached hydrogens (tertiary/aromatic N) is 2. The predicted molar refractivity (Wildman–Crippen MR) is 116 cm³/mol. The van der Waals surface area contributed by atoms with Crippen LogP contribution in [0, 0.1) is 19.8 Å². The van der Waals surface area contributed by atoms with Crippen molar-refractivity contribution < 1.29 is 9.32 Å². The molecule has 1 N–H and O–H groups in total. The maximum Gasteiger partial charge on any atom is 0.230 e. The van der Waals surface area contributed by atoms with E-state index in [2.05, 4.69) is 41.4 Å². The van der Waals surface area contributed by atoms with Crippen LogP contribution < -0.4 is 5.32 Å². The third kappa shape index (κ3) is 4.67. The molecule has 0 spiro atoms. The third-order valence-electron chi connectivity index (χ3n) is 6.01. The molecule has 0 bridgehead atoms. The van der Waals surface area contributed by atoms with Gasteiger partial charge in [0, 0.05) is 17.6 Å². The Morgan fingerprint density at radius 1 is 1.14 bits per heavy atom. The number of amides is 1. The Hall–Kier alpha value is -2.66. The van der Waals surface area contributed by atoms with Gasteiger partial charge in [-0.2, -0.15) is 0 Å². The number of benzene rings is 2. The molecule has 0 aliphatic carbocycles. The first-order chi connectivity index (χ1) is 14.0. The minimum atomic E-state index is -0.0869. The number of anilines is 1. The summed E-state index contributed by atoms with van der Waals surface area (Å²) in [4.78, 5) is 15.0. The lowest BCUT2D eigenvalue weighted by Gasteiger charge is -2.30. The molecule has 0 saturated carbocycles. The van der Waals surface area contributed by atoms with Crippen molar-refractivity contribution >= 4 is 22.6 Å². The number of likely N-dealkylation sites (tertiary alicyclic amines) is 1. The summed E-state index contributed by atoms with van der Waals surface area (Å²) in [5.41, 5.74) is 5.82. The zero-order valence-corrected chi connectivity index (χ0v) is 17.5. The van der Waals surface area contributed by atoms with Crippen LogP contribution in [0.3, 0.4) is 0 Å². The predicted octanol–water partition coefficient (Wildman–Crippen LogP) is 4.86. The van der Waals surface area contributed by atoms with Crippen LogP contribution in [0.5, 0.6) is 0 Å². The van der Waals surface area contributed by atoms with E-state index in [0.717, 1.165) is 34.7 Å². The highest BCUT2D eigenvalue weighted by Gasteiger charge is 2.16. The van der Waals surface area contributed by atoms with Crippen LogP contribution in [0.2, 0.25) is 0 Å². The largest absolute Gasteiger partial charge is 0.356 e. The number of hydrogen-bond acceptors (Lipinski definition) is 4. The van der Waals surface area contributed by atoms with Crippen molar-refractivity contribution in [3.63, 3.8) is 0 Å². The van der Waals surface area contributed by atoms with Crippen LogP contribution in [0.15, 0.2) is 40.9 Å². The van der Waals surface area contributed by atoms with Gasteiger partial charge in [0.25, 0.3) is 0 Å². The summed E-state index contributed by atoms with van der Waals surface area (Å²) in [6.07, 6.45) is 2.76. The molecule has 0 atom stereocenters. The quantitative estimate of drug-likeness (QED) is 0.675. The van der Waals surface area contributed by atoms with Gasteiger partial charge >= 0.3 is 0 Å². The summed E-state index contributed by atoms with van der Waals surface area (Å²) in [5.74, 6) is 0.759. The summed E-state index contributed by atoms with van der Waals surface area (Å²) >= 11 is 0. The molecule has 152 valence electrons. The second kappa shape index (κ2) is 8.37. The number of piperidine rings is 1. The van der Waals surface area contributed by atoms with Gasteiger partial charge in [-0.15, -0.1) is 0 Å². The number of nitrogens with one attached hydrogen (secondary N) is 1. The molecule has 2 heterocycles. The van der Waals surface area contributed by atoms with E-state index in [-0.39, 0.29) is 12.3 Å². The Labute approximate surface area is 172 Å². The fourth-order valence-electron chi connectivity index (χ4n) is 3.90. The van der Waals surface area contributed by atoms with Crippen molar-refractivity contribution in [2.75, 3.05) is 18.4 Å². The molecular weight excluding hydrogens is 362 g/mol. The summed E-state index contributed by atoms with van der Waals surface area (Å²) < 4.78 is 5.40. The molecule has 2 aromatic carbocycles. The molecule has 1 aromatic heterocycles. The molecule has 1 aliphatic heterocycles. The molecule has 3 aromatic rings. The number of fused-ring (bicyclic) bond motifs is 1. The van der Waals surface area contributed by atoms with E-state index < -0.39 is 0 Å². The summed E-state index contributed by atoms with van der Waals surface area (Å²) in [7, 11) is 0. The molecule has 1 fully saturated rings.